The smallest absolute Gasteiger partial charge is 0.306 e. The third-order valence-corrected chi connectivity index (χ3v) is 4.61. The summed E-state index contributed by atoms with van der Waals surface area (Å²) in [7, 11) is 0. The van der Waals surface area contributed by atoms with Crippen molar-refractivity contribution in [1.29, 1.82) is 0 Å². The molecule has 0 saturated heterocycles. The van der Waals surface area contributed by atoms with Crippen LogP contribution in [0.3, 0.4) is 0 Å². The molecule has 1 rings (SSSR count). The van der Waals surface area contributed by atoms with Crippen LogP contribution in [0.1, 0.15) is 83.1 Å². The van der Waals surface area contributed by atoms with Gasteiger partial charge in [0.25, 0.3) is 0 Å². The number of unbranched alkanes of at least 4 members (excludes halogenated alkanes) is 8. The second-order valence-electron chi connectivity index (χ2n) is 7.17. The average molecular weight is 434 g/mol. The number of carbonyl (C=O) groups is 2. The second kappa shape index (κ2) is 14.8. The predicted molar refractivity (Wildman–Crippen MR) is 103 cm³/mol. The van der Waals surface area contributed by atoms with E-state index in [-0.39, 0.29) is 19.4 Å². The molecule has 0 aliphatic heterocycles. The Bertz CT molecular complexity index is 680. The van der Waals surface area contributed by atoms with E-state index in [1.807, 2.05) is 0 Å². The van der Waals surface area contributed by atoms with Gasteiger partial charge in [-0.25, -0.2) is 17.6 Å². The van der Waals surface area contributed by atoms with Gasteiger partial charge in [0.1, 0.15) is 6.61 Å². The average Bonchev–Trinajstić information content (AvgIpc) is 2.73. The highest BCUT2D eigenvalue weighted by molar-refractivity contribution is 5.77. The Labute approximate surface area is 174 Å². The number of rotatable bonds is 15. The molecular formula is C22H30F4O4. The Morgan fingerprint density at radius 1 is 0.733 bits per heavy atom. The Kier molecular flexibility index (Phi) is 12.8. The first kappa shape index (κ1) is 25.9. The van der Waals surface area contributed by atoms with Crippen LogP contribution in [0.4, 0.5) is 17.6 Å². The largest absolute Gasteiger partial charge is 0.466 e. The Morgan fingerprint density at radius 3 is 1.87 bits per heavy atom. The van der Waals surface area contributed by atoms with E-state index in [0.717, 1.165) is 19.3 Å². The number of benzene rings is 1. The minimum atomic E-state index is -1.97. The first-order chi connectivity index (χ1) is 14.4. The zero-order valence-corrected chi connectivity index (χ0v) is 17.4. The molecule has 8 heteroatoms. The number of ether oxygens (including phenoxy) is 2. The van der Waals surface area contributed by atoms with Gasteiger partial charge in [-0.2, -0.15) is 0 Å². The topological polar surface area (TPSA) is 52.6 Å². The zero-order chi connectivity index (χ0) is 22.4. The minimum Gasteiger partial charge on any atom is -0.466 e. The molecule has 0 heterocycles. The van der Waals surface area contributed by atoms with Gasteiger partial charge in [-0.3, -0.25) is 9.59 Å². The summed E-state index contributed by atoms with van der Waals surface area (Å²) in [5.41, 5.74) is -0.632. The standard InChI is InChI=1S/C22H30F4O4/c1-2-3-4-5-6-7-8-9-10-13-29-18(27)11-12-19(28)30-15-16-14-17(23)21(25)22(26)20(16)24/h14H,2-13,15H2,1H3. The van der Waals surface area contributed by atoms with E-state index >= 15 is 0 Å². The van der Waals surface area contributed by atoms with E-state index < -0.39 is 47.4 Å². The molecule has 0 saturated carbocycles. The number of hydrogen-bond acceptors (Lipinski definition) is 4. The van der Waals surface area contributed by atoms with E-state index in [1.165, 1.54) is 38.5 Å². The molecular weight excluding hydrogens is 404 g/mol. The normalized spacial score (nSPS) is 10.8. The quantitative estimate of drug-likeness (QED) is 0.109. The number of hydrogen-bond donors (Lipinski definition) is 0. The molecule has 0 fully saturated rings. The third-order valence-electron chi connectivity index (χ3n) is 4.61. The maximum absolute atomic E-state index is 13.5. The SMILES string of the molecule is CCCCCCCCCCCOC(=O)CCC(=O)OCc1cc(F)c(F)c(F)c1F. The summed E-state index contributed by atoms with van der Waals surface area (Å²) in [6.45, 7) is 1.69. The monoisotopic (exact) mass is 434 g/mol. The second-order valence-corrected chi connectivity index (χ2v) is 7.17. The number of esters is 2. The van der Waals surface area contributed by atoms with Crippen LogP contribution in [-0.2, 0) is 25.7 Å². The van der Waals surface area contributed by atoms with Gasteiger partial charge in [0.2, 0.25) is 0 Å². The van der Waals surface area contributed by atoms with Crippen LogP contribution >= 0.6 is 0 Å². The highest BCUT2D eigenvalue weighted by Crippen LogP contribution is 2.19. The molecule has 0 aromatic heterocycles. The van der Waals surface area contributed by atoms with Gasteiger partial charge in [0.15, 0.2) is 23.3 Å². The van der Waals surface area contributed by atoms with Crippen LogP contribution in [-0.4, -0.2) is 18.5 Å². The van der Waals surface area contributed by atoms with Gasteiger partial charge in [0, 0.05) is 5.56 Å². The van der Waals surface area contributed by atoms with Crippen molar-refractivity contribution in [2.75, 3.05) is 6.61 Å². The van der Waals surface area contributed by atoms with Crippen LogP contribution in [0.2, 0.25) is 0 Å². The van der Waals surface area contributed by atoms with E-state index in [1.54, 1.807) is 0 Å². The molecule has 0 atom stereocenters. The first-order valence-corrected chi connectivity index (χ1v) is 10.5. The molecule has 0 spiro atoms. The molecule has 0 aliphatic carbocycles. The molecule has 0 unspecified atom stereocenters. The fourth-order valence-corrected chi connectivity index (χ4v) is 2.83. The Morgan fingerprint density at radius 2 is 1.27 bits per heavy atom. The van der Waals surface area contributed by atoms with Crippen molar-refractivity contribution < 1.29 is 36.6 Å². The summed E-state index contributed by atoms with van der Waals surface area (Å²) in [5, 5.41) is 0. The van der Waals surface area contributed by atoms with Crippen LogP contribution in [0, 0.1) is 23.3 Å². The summed E-state index contributed by atoms with van der Waals surface area (Å²) in [4.78, 5) is 23.2. The Hall–Kier alpha value is -2.12. The molecule has 0 radical (unpaired) electrons. The summed E-state index contributed by atoms with van der Waals surface area (Å²) in [6.07, 6.45) is 9.74. The molecule has 0 bridgehead atoms. The fourth-order valence-electron chi connectivity index (χ4n) is 2.83. The van der Waals surface area contributed by atoms with Crippen molar-refractivity contribution >= 4 is 11.9 Å². The van der Waals surface area contributed by atoms with E-state index in [9.17, 15) is 27.2 Å². The molecule has 1 aromatic rings. The van der Waals surface area contributed by atoms with E-state index in [0.29, 0.717) is 6.07 Å². The summed E-state index contributed by atoms with van der Waals surface area (Å²) < 4.78 is 62.3. The molecule has 4 nitrogen and oxygen atoms in total. The lowest BCUT2D eigenvalue weighted by molar-refractivity contribution is -0.151. The summed E-state index contributed by atoms with van der Waals surface area (Å²) >= 11 is 0. The summed E-state index contributed by atoms with van der Waals surface area (Å²) in [6, 6.07) is 0.417. The van der Waals surface area contributed by atoms with Gasteiger partial charge in [-0.05, 0) is 12.5 Å². The lowest BCUT2D eigenvalue weighted by Gasteiger charge is -2.08. The van der Waals surface area contributed by atoms with Crippen LogP contribution in [0.15, 0.2) is 6.07 Å². The molecule has 1 aromatic carbocycles. The van der Waals surface area contributed by atoms with Crippen LogP contribution in [0.5, 0.6) is 0 Å². The van der Waals surface area contributed by atoms with Gasteiger partial charge in [0.05, 0.1) is 19.4 Å². The van der Waals surface area contributed by atoms with Crippen molar-refractivity contribution in [2.45, 2.75) is 84.2 Å². The maximum Gasteiger partial charge on any atom is 0.306 e. The third kappa shape index (κ3) is 10.1. The van der Waals surface area contributed by atoms with Crippen LogP contribution in [0.25, 0.3) is 0 Å². The minimum absolute atomic E-state index is 0.217. The van der Waals surface area contributed by atoms with E-state index in [2.05, 4.69) is 11.7 Å². The van der Waals surface area contributed by atoms with Gasteiger partial charge in [-0.1, -0.05) is 58.3 Å². The predicted octanol–water partition coefficient (Wildman–Crippen LogP) is 6.14. The number of halogens is 4. The highest BCUT2D eigenvalue weighted by atomic mass is 19.2. The van der Waals surface area contributed by atoms with Crippen molar-refractivity contribution in [1.82, 2.24) is 0 Å². The lowest BCUT2D eigenvalue weighted by Crippen LogP contribution is -2.12. The highest BCUT2D eigenvalue weighted by Gasteiger charge is 2.20. The van der Waals surface area contributed by atoms with Crippen LogP contribution < -0.4 is 0 Å². The zero-order valence-electron chi connectivity index (χ0n) is 17.4. The molecule has 30 heavy (non-hydrogen) atoms. The maximum atomic E-state index is 13.5. The molecule has 0 amide bonds. The fraction of sp³-hybridized carbons (Fsp3) is 0.636. The van der Waals surface area contributed by atoms with Crippen molar-refractivity contribution in [2.24, 2.45) is 0 Å². The lowest BCUT2D eigenvalue weighted by atomic mass is 10.1. The van der Waals surface area contributed by atoms with Crippen molar-refractivity contribution in [3.05, 3.63) is 34.9 Å². The van der Waals surface area contributed by atoms with Crippen molar-refractivity contribution in [3.63, 3.8) is 0 Å². The van der Waals surface area contributed by atoms with Gasteiger partial charge < -0.3 is 9.47 Å². The van der Waals surface area contributed by atoms with Gasteiger partial charge in [-0.15, -0.1) is 0 Å². The van der Waals surface area contributed by atoms with E-state index in [4.69, 9.17) is 4.74 Å². The Balaban J connectivity index is 2.11. The summed E-state index contributed by atoms with van der Waals surface area (Å²) in [5.74, 6) is -8.53. The number of carbonyl (C=O) groups excluding carboxylic acids is 2. The molecule has 0 N–H and O–H groups in total. The molecule has 170 valence electrons. The van der Waals surface area contributed by atoms with Gasteiger partial charge >= 0.3 is 11.9 Å². The molecule has 0 aliphatic rings. The van der Waals surface area contributed by atoms with Crippen molar-refractivity contribution in [3.8, 4) is 0 Å². The first-order valence-electron chi connectivity index (χ1n) is 10.5.